The fourth-order valence-electron chi connectivity index (χ4n) is 5.08. The van der Waals surface area contributed by atoms with Crippen LogP contribution in [0.5, 0.6) is 5.75 Å². The zero-order chi connectivity index (χ0) is 33.2. The van der Waals surface area contributed by atoms with E-state index in [1.807, 2.05) is 55.0 Å². The van der Waals surface area contributed by atoms with Crippen LogP contribution in [0, 0.1) is 13.8 Å². The van der Waals surface area contributed by atoms with E-state index in [4.69, 9.17) is 0 Å². The van der Waals surface area contributed by atoms with Gasteiger partial charge in [0.25, 0.3) is 0 Å². The van der Waals surface area contributed by atoms with Crippen LogP contribution in [0.15, 0.2) is 83.4 Å². The first kappa shape index (κ1) is 32.7. The minimum absolute atomic E-state index is 0.0161. The van der Waals surface area contributed by atoms with Crippen molar-refractivity contribution in [3.8, 4) is 28.5 Å². The number of aryl methyl sites for hydroxylation is 2. The van der Waals surface area contributed by atoms with Crippen molar-refractivity contribution in [2.24, 2.45) is 4.99 Å². The highest BCUT2D eigenvalue weighted by Gasteiger charge is 2.31. The molecule has 0 bridgehead atoms. The highest BCUT2D eigenvalue weighted by molar-refractivity contribution is 7.07. The lowest BCUT2D eigenvalue weighted by atomic mass is 9.93. The molecule has 0 radical (unpaired) electrons. The quantitative estimate of drug-likeness (QED) is 0.184. The van der Waals surface area contributed by atoms with E-state index >= 15 is 0 Å². The molecule has 12 heteroatoms. The third-order valence-electron chi connectivity index (χ3n) is 7.75. The number of halogens is 3. The summed E-state index contributed by atoms with van der Waals surface area (Å²) in [7, 11) is 0. The van der Waals surface area contributed by atoms with Gasteiger partial charge < -0.3 is 10.1 Å². The number of nitrogens with zero attached hydrogens (tertiary/aromatic N) is 5. The Morgan fingerprint density at radius 3 is 2.33 bits per heavy atom. The lowest BCUT2D eigenvalue weighted by molar-refractivity contribution is -0.274. The van der Waals surface area contributed by atoms with E-state index in [-0.39, 0.29) is 17.7 Å². The fraction of sp³-hybridized carbons (Fsp3) is 0.294. The molecule has 2 unspecified atom stereocenters. The normalized spacial score (nSPS) is 13.6. The lowest BCUT2D eigenvalue weighted by Gasteiger charge is -2.21. The van der Waals surface area contributed by atoms with Crippen molar-refractivity contribution in [1.29, 1.82) is 0 Å². The molecule has 1 N–H and O–H groups in total. The van der Waals surface area contributed by atoms with Gasteiger partial charge in [0, 0.05) is 28.6 Å². The molecule has 0 spiro atoms. The van der Waals surface area contributed by atoms with Gasteiger partial charge in [0.05, 0.1) is 11.4 Å². The summed E-state index contributed by atoms with van der Waals surface area (Å²) in [6, 6.07) is 18.9. The van der Waals surface area contributed by atoms with E-state index in [2.05, 4.69) is 64.1 Å². The Morgan fingerprint density at radius 2 is 1.67 bits per heavy atom. The SMILES string of the molecule is Cc1ccc(C(C)C)c(-n2c(C)csc2=NC(=O)NC(C)C(C)c2ccc(-c3ncn(-c4ccc(OC(F)(F)F)cc4)n3)cc2)c1. The fourth-order valence-corrected chi connectivity index (χ4v) is 5.95. The first-order valence-corrected chi connectivity index (χ1v) is 15.7. The number of benzene rings is 3. The molecule has 240 valence electrons. The van der Waals surface area contributed by atoms with Gasteiger partial charge in [0.1, 0.15) is 12.1 Å². The topological polar surface area (TPSA) is 86.3 Å². The summed E-state index contributed by atoms with van der Waals surface area (Å²) < 4.78 is 44.8. The average Bonchev–Trinajstić information content (AvgIpc) is 3.63. The van der Waals surface area contributed by atoms with Gasteiger partial charge in [-0.1, -0.05) is 57.2 Å². The summed E-state index contributed by atoms with van der Waals surface area (Å²) in [4.78, 5) is 22.5. The molecule has 2 amide bonds. The number of amides is 2. The summed E-state index contributed by atoms with van der Waals surface area (Å²) in [6.45, 7) is 12.4. The molecular weight excluding hydrogens is 613 g/mol. The van der Waals surface area contributed by atoms with Crippen LogP contribution in [0.2, 0.25) is 0 Å². The third kappa shape index (κ3) is 7.56. The van der Waals surface area contributed by atoms with E-state index in [1.54, 1.807) is 0 Å². The van der Waals surface area contributed by atoms with Crippen LogP contribution < -0.4 is 14.9 Å². The highest BCUT2D eigenvalue weighted by atomic mass is 32.1. The molecule has 2 atom stereocenters. The van der Waals surface area contributed by atoms with Crippen LogP contribution in [0.25, 0.3) is 22.8 Å². The van der Waals surface area contributed by atoms with Gasteiger partial charge in [0.2, 0.25) is 0 Å². The summed E-state index contributed by atoms with van der Waals surface area (Å²) in [5.41, 5.74) is 6.70. The largest absolute Gasteiger partial charge is 0.573 e. The molecule has 0 saturated carbocycles. The van der Waals surface area contributed by atoms with Crippen LogP contribution in [0.3, 0.4) is 0 Å². The van der Waals surface area contributed by atoms with Crippen LogP contribution >= 0.6 is 11.3 Å². The molecule has 8 nitrogen and oxygen atoms in total. The number of carbonyl (C=O) groups is 1. The molecule has 0 aliphatic rings. The molecular formula is C34H35F3N6O2S. The third-order valence-corrected chi connectivity index (χ3v) is 8.69. The van der Waals surface area contributed by atoms with Crippen molar-refractivity contribution in [2.75, 3.05) is 0 Å². The van der Waals surface area contributed by atoms with Gasteiger partial charge in [0.15, 0.2) is 10.6 Å². The van der Waals surface area contributed by atoms with Crippen LogP contribution in [0.4, 0.5) is 18.0 Å². The number of thiazole rings is 1. The first-order chi connectivity index (χ1) is 21.8. The van der Waals surface area contributed by atoms with Crippen molar-refractivity contribution in [2.45, 2.75) is 65.8 Å². The first-order valence-electron chi connectivity index (χ1n) is 14.8. The van der Waals surface area contributed by atoms with Gasteiger partial charge in [-0.05, 0) is 73.7 Å². The predicted molar refractivity (Wildman–Crippen MR) is 173 cm³/mol. The molecule has 2 heterocycles. The summed E-state index contributed by atoms with van der Waals surface area (Å²) >= 11 is 1.44. The second kappa shape index (κ2) is 13.3. The van der Waals surface area contributed by atoms with E-state index in [0.29, 0.717) is 22.2 Å². The zero-order valence-corrected chi connectivity index (χ0v) is 27.1. The summed E-state index contributed by atoms with van der Waals surface area (Å²) in [5, 5.41) is 9.51. The monoisotopic (exact) mass is 648 g/mol. The maximum atomic E-state index is 13.1. The van der Waals surface area contributed by atoms with Crippen LogP contribution in [0.1, 0.15) is 61.9 Å². The number of carbonyl (C=O) groups excluding carboxylic acids is 1. The number of hydrogen-bond acceptors (Lipinski definition) is 5. The van der Waals surface area contributed by atoms with E-state index in [1.165, 1.54) is 52.2 Å². The van der Waals surface area contributed by atoms with E-state index in [0.717, 1.165) is 28.1 Å². The van der Waals surface area contributed by atoms with Crippen LogP contribution in [-0.4, -0.2) is 37.8 Å². The average molecular weight is 649 g/mol. The minimum atomic E-state index is -4.75. The Labute approximate surface area is 269 Å². The van der Waals surface area contributed by atoms with E-state index < -0.39 is 12.4 Å². The molecule has 5 rings (SSSR count). The van der Waals surface area contributed by atoms with Gasteiger partial charge in [-0.15, -0.1) is 29.6 Å². The number of hydrogen-bond donors (Lipinski definition) is 1. The molecule has 3 aromatic carbocycles. The molecule has 0 fully saturated rings. The number of alkyl halides is 3. The predicted octanol–water partition coefficient (Wildman–Crippen LogP) is 8.23. The van der Waals surface area contributed by atoms with Crippen molar-refractivity contribution in [3.05, 3.63) is 106 Å². The maximum Gasteiger partial charge on any atom is 0.573 e. The molecule has 0 aliphatic heterocycles. The van der Waals surface area contributed by atoms with Crippen molar-refractivity contribution in [3.63, 3.8) is 0 Å². The van der Waals surface area contributed by atoms with Crippen LogP contribution in [-0.2, 0) is 0 Å². The van der Waals surface area contributed by atoms with E-state index in [9.17, 15) is 18.0 Å². The summed E-state index contributed by atoms with van der Waals surface area (Å²) in [5.74, 6) is 0.444. The van der Waals surface area contributed by atoms with Crippen molar-refractivity contribution < 1.29 is 22.7 Å². The van der Waals surface area contributed by atoms with Gasteiger partial charge in [-0.25, -0.2) is 14.5 Å². The highest BCUT2D eigenvalue weighted by Crippen LogP contribution is 2.27. The standard InChI is InChI=1S/C34H35F3N6O2S/c1-20(2)29-16-7-21(3)17-30(29)43-22(4)18-46-33(43)40-32(44)39-24(6)23(5)25-8-10-26(11-9-25)31-38-19-42(41-31)27-12-14-28(15-13-27)45-34(35,36)37/h7-20,23-24H,1-6H3,(H,39,44). The molecule has 2 aromatic heterocycles. The number of rotatable bonds is 8. The zero-order valence-electron chi connectivity index (χ0n) is 26.3. The molecule has 5 aromatic rings. The van der Waals surface area contributed by atoms with Gasteiger partial charge in [-0.3, -0.25) is 4.57 Å². The Balaban J connectivity index is 1.27. The summed E-state index contributed by atoms with van der Waals surface area (Å²) in [6.07, 6.45) is -3.26. The second-order valence-electron chi connectivity index (χ2n) is 11.5. The number of nitrogens with one attached hydrogen (secondary N) is 1. The second-order valence-corrected chi connectivity index (χ2v) is 12.4. The molecule has 0 aliphatic carbocycles. The number of urea groups is 1. The lowest BCUT2D eigenvalue weighted by Crippen LogP contribution is -2.35. The van der Waals surface area contributed by atoms with Crippen molar-refractivity contribution >= 4 is 17.4 Å². The Hall–Kier alpha value is -4.71. The Kier molecular flexibility index (Phi) is 9.47. The smallest absolute Gasteiger partial charge is 0.406 e. The number of ether oxygens (including phenoxy) is 1. The van der Waals surface area contributed by atoms with Crippen molar-refractivity contribution in [1.82, 2.24) is 24.6 Å². The molecule has 0 saturated heterocycles. The minimum Gasteiger partial charge on any atom is -0.406 e. The van der Waals surface area contributed by atoms with Gasteiger partial charge >= 0.3 is 12.4 Å². The molecule has 46 heavy (non-hydrogen) atoms. The van der Waals surface area contributed by atoms with Gasteiger partial charge in [-0.2, -0.15) is 4.99 Å². The Morgan fingerprint density at radius 1 is 0.978 bits per heavy atom. The number of aromatic nitrogens is 4. The Bertz CT molecular complexity index is 1890. The maximum absolute atomic E-state index is 13.1.